The third-order valence-corrected chi connectivity index (χ3v) is 6.04. The van der Waals surface area contributed by atoms with Crippen LogP contribution in [0.1, 0.15) is 44.2 Å². The van der Waals surface area contributed by atoms with Crippen molar-refractivity contribution in [2.45, 2.75) is 39.2 Å². The molecule has 1 aliphatic rings. The summed E-state index contributed by atoms with van der Waals surface area (Å²) in [5, 5.41) is 0. The van der Waals surface area contributed by atoms with Gasteiger partial charge in [0.05, 0.1) is 11.5 Å². The first-order chi connectivity index (χ1) is 10.8. The summed E-state index contributed by atoms with van der Waals surface area (Å²) in [4.78, 5) is 14.0. The summed E-state index contributed by atoms with van der Waals surface area (Å²) in [6, 6.07) is 7.93. The number of rotatable bonds is 5. The number of sulfone groups is 1. The molecule has 0 bridgehead atoms. The second-order valence-electron chi connectivity index (χ2n) is 6.34. The van der Waals surface area contributed by atoms with Gasteiger partial charge in [-0.15, -0.1) is 0 Å². The minimum Gasteiger partial charge on any atom is -0.335 e. The van der Waals surface area contributed by atoms with E-state index < -0.39 is 9.84 Å². The van der Waals surface area contributed by atoms with E-state index >= 15 is 0 Å². The third kappa shape index (κ3) is 4.67. The fourth-order valence-electron chi connectivity index (χ4n) is 2.87. The summed E-state index contributed by atoms with van der Waals surface area (Å²) in [5.74, 6) is 0.628. The molecule has 1 fully saturated rings. The summed E-state index contributed by atoms with van der Waals surface area (Å²) in [7, 11) is -2.98. The van der Waals surface area contributed by atoms with Crippen molar-refractivity contribution >= 4 is 21.8 Å². The lowest BCUT2D eigenvalue weighted by molar-refractivity contribution is -0.127. The summed E-state index contributed by atoms with van der Waals surface area (Å²) in [6.45, 7) is 6.69. The molecule has 1 aliphatic heterocycles. The quantitative estimate of drug-likeness (QED) is 0.778. The number of carbonyl (C=O) groups excluding carboxylic acids is 1. The molecule has 1 aromatic rings. The Labute approximate surface area is 139 Å². The fraction of sp³-hybridized carbons (Fsp3) is 0.500. The second-order valence-corrected chi connectivity index (χ2v) is 8.56. The van der Waals surface area contributed by atoms with E-state index in [-0.39, 0.29) is 23.5 Å². The highest BCUT2D eigenvalue weighted by atomic mass is 32.2. The number of benzene rings is 1. The number of hydrogen-bond acceptors (Lipinski definition) is 3. The Morgan fingerprint density at radius 2 is 1.96 bits per heavy atom. The van der Waals surface area contributed by atoms with Gasteiger partial charge in [-0.25, -0.2) is 8.42 Å². The molecule has 1 saturated heterocycles. The van der Waals surface area contributed by atoms with Gasteiger partial charge in [-0.05, 0) is 36.5 Å². The molecule has 0 aromatic heterocycles. The molecule has 4 nitrogen and oxygen atoms in total. The van der Waals surface area contributed by atoms with Crippen LogP contribution in [0.5, 0.6) is 0 Å². The standard InChI is InChI=1S/C18H25NO3S/c1-4-19(17-11-12-23(21,22)13-17)18(20)10-7-15-5-8-16(9-6-15)14(2)3/h5-10,14,17H,4,11-13H2,1-3H3/b10-7+. The van der Waals surface area contributed by atoms with E-state index in [0.717, 1.165) is 5.56 Å². The number of carbonyl (C=O) groups is 1. The van der Waals surface area contributed by atoms with E-state index in [0.29, 0.717) is 18.9 Å². The van der Waals surface area contributed by atoms with Crippen molar-refractivity contribution in [1.29, 1.82) is 0 Å². The van der Waals surface area contributed by atoms with E-state index in [9.17, 15) is 13.2 Å². The molecule has 1 aromatic carbocycles. The van der Waals surface area contributed by atoms with Gasteiger partial charge in [0.25, 0.3) is 0 Å². The summed E-state index contributed by atoms with van der Waals surface area (Å²) in [6.07, 6.45) is 3.87. The molecule has 2 rings (SSSR count). The minimum atomic E-state index is -2.98. The number of amides is 1. The molecule has 0 aliphatic carbocycles. The summed E-state index contributed by atoms with van der Waals surface area (Å²) in [5.41, 5.74) is 2.23. The van der Waals surface area contributed by atoms with Gasteiger partial charge in [-0.2, -0.15) is 0 Å². The largest absolute Gasteiger partial charge is 0.335 e. The normalized spacial score (nSPS) is 20.3. The van der Waals surface area contributed by atoms with Crippen LogP contribution in [-0.2, 0) is 14.6 Å². The van der Waals surface area contributed by atoms with Crippen molar-refractivity contribution in [2.24, 2.45) is 0 Å². The number of hydrogen-bond donors (Lipinski definition) is 0. The van der Waals surface area contributed by atoms with Crippen LogP contribution in [0.3, 0.4) is 0 Å². The van der Waals surface area contributed by atoms with E-state index in [1.165, 1.54) is 5.56 Å². The van der Waals surface area contributed by atoms with Crippen LogP contribution >= 0.6 is 0 Å². The van der Waals surface area contributed by atoms with E-state index in [2.05, 4.69) is 26.0 Å². The molecule has 1 amide bonds. The minimum absolute atomic E-state index is 0.0868. The molecule has 0 radical (unpaired) electrons. The van der Waals surface area contributed by atoms with E-state index in [1.54, 1.807) is 17.1 Å². The molecule has 126 valence electrons. The molecule has 23 heavy (non-hydrogen) atoms. The molecular weight excluding hydrogens is 310 g/mol. The lowest BCUT2D eigenvalue weighted by Gasteiger charge is -2.25. The zero-order valence-electron chi connectivity index (χ0n) is 14.0. The van der Waals surface area contributed by atoms with Gasteiger partial charge < -0.3 is 4.90 Å². The van der Waals surface area contributed by atoms with Crippen LogP contribution in [0.4, 0.5) is 0 Å². The van der Waals surface area contributed by atoms with Crippen molar-refractivity contribution < 1.29 is 13.2 Å². The third-order valence-electron chi connectivity index (χ3n) is 4.29. The predicted octanol–water partition coefficient (Wildman–Crippen LogP) is 2.86. The maximum Gasteiger partial charge on any atom is 0.246 e. The van der Waals surface area contributed by atoms with Crippen LogP contribution in [0.15, 0.2) is 30.3 Å². The smallest absolute Gasteiger partial charge is 0.246 e. The number of likely N-dealkylation sites (N-methyl/N-ethyl adjacent to an activating group) is 1. The van der Waals surface area contributed by atoms with Crippen LogP contribution in [0, 0.1) is 0 Å². The van der Waals surface area contributed by atoms with Crippen LogP contribution < -0.4 is 0 Å². The highest BCUT2D eigenvalue weighted by Crippen LogP contribution is 2.19. The molecule has 0 saturated carbocycles. The monoisotopic (exact) mass is 335 g/mol. The Morgan fingerprint density at radius 1 is 1.30 bits per heavy atom. The Bertz CT molecular complexity index is 675. The highest BCUT2D eigenvalue weighted by Gasteiger charge is 2.33. The summed E-state index contributed by atoms with van der Waals surface area (Å²) < 4.78 is 23.2. The maximum atomic E-state index is 12.4. The van der Waals surface area contributed by atoms with Gasteiger partial charge in [0.1, 0.15) is 0 Å². The lowest BCUT2D eigenvalue weighted by atomic mass is 10.0. The first kappa shape index (κ1) is 17.7. The first-order valence-corrected chi connectivity index (χ1v) is 9.93. The van der Waals surface area contributed by atoms with Gasteiger partial charge >= 0.3 is 0 Å². The van der Waals surface area contributed by atoms with Crippen molar-refractivity contribution in [1.82, 2.24) is 4.90 Å². The van der Waals surface area contributed by atoms with Crippen LogP contribution in [0.25, 0.3) is 6.08 Å². The van der Waals surface area contributed by atoms with Crippen molar-refractivity contribution in [2.75, 3.05) is 18.1 Å². The Balaban J connectivity index is 2.04. The number of nitrogens with zero attached hydrogens (tertiary/aromatic N) is 1. The van der Waals surface area contributed by atoms with Gasteiger partial charge in [0.2, 0.25) is 5.91 Å². The second kappa shape index (κ2) is 7.30. The zero-order chi connectivity index (χ0) is 17.0. The Kier molecular flexibility index (Phi) is 5.63. The SMILES string of the molecule is CCN(C(=O)/C=C/c1ccc(C(C)C)cc1)C1CCS(=O)(=O)C1. The van der Waals surface area contributed by atoms with Crippen molar-refractivity contribution in [3.63, 3.8) is 0 Å². The van der Waals surface area contributed by atoms with Crippen molar-refractivity contribution in [3.05, 3.63) is 41.5 Å². The molecule has 1 unspecified atom stereocenters. The lowest BCUT2D eigenvalue weighted by Crippen LogP contribution is -2.40. The molecule has 5 heteroatoms. The average molecular weight is 335 g/mol. The van der Waals surface area contributed by atoms with Crippen molar-refractivity contribution in [3.8, 4) is 0 Å². The average Bonchev–Trinajstić information content (AvgIpc) is 2.86. The van der Waals surface area contributed by atoms with Gasteiger partial charge in [-0.3, -0.25) is 4.79 Å². The van der Waals surface area contributed by atoms with E-state index in [1.807, 2.05) is 19.1 Å². The zero-order valence-corrected chi connectivity index (χ0v) is 14.8. The van der Waals surface area contributed by atoms with Crippen LogP contribution in [-0.4, -0.2) is 43.3 Å². The Hall–Kier alpha value is -1.62. The van der Waals surface area contributed by atoms with Gasteiger partial charge in [-0.1, -0.05) is 38.1 Å². The van der Waals surface area contributed by atoms with Gasteiger partial charge in [0.15, 0.2) is 9.84 Å². The molecule has 1 atom stereocenters. The van der Waals surface area contributed by atoms with E-state index in [4.69, 9.17) is 0 Å². The Morgan fingerprint density at radius 3 is 2.43 bits per heavy atom. The first-order valence-electron chi connectivity index (χ1n) is 8.11. The summed E-state index contributed by atoms with van der Waals surface area (Å²) >= 11 is 0. The molecule has 0 N–H and O–H groups in total. The maximum absolute atomic E-state index is 12.4. The van der Waals surface area contributed by atoms with Crippen LogP contribution in [0.2, 0.25) is 0 Å². The van der Waals surface area contributed by atoms with Gasteiger partial charge in [0, 0.05) is 18.7 Å². The molecule has 0 spiro atoms. The molecule has 1 heterocycles. The molecular formula is C18H25NO3S. The topological polar surface area (TPSA) is 54.5 Å². The highest BCUT2D eigenvalue weighted by molar-refractivity contribution is 7.91. The predicted molar refractivity (Wildman–Crippen MR) is 94.0 cm³/mol. The fourth-order valence-corrected chi connectivity index (χ4v) is 4.60.